The minimum atomic E-state index is -0.440. The van der Waals surface area contributed by atoms with E-state index in [-0.39, 0.29) is 11.6 Å². The average molecular weight is 345 g/mol. The maximum Gasteiger partial charge on any atom is 0.273 e. The number of piperazine rings is 1. The molecule has 1 aromatic heterocycles. The molecule has 0 N–H and O–H groups in total. The molecule has 0 radical (unpaired) electrons. The van der Waals surface area contributed by atoms with E-state index in [0.717, 1.165) is 19.6 Å². The van der Waals surface area contributed by atoms with E-state index in [0.29, 0.717) is 24.2 Å². The molecule has 126 valence electrons. The van der Waals surface area contributed by atoms with Crippen molar-refractivity contribution in [3.63, 3.8) is 0 Å². The molecule has 1 aromatic carbocycles. The fraction of sp³-hybridized carbons (Fsp3) is 0.353. The van der Waals surface area contributed by atoms with Gasteiger partial charge in [0.05, 0.1) is 4.92 Å². The molecule has 0 unspecified atom stereocenters. The van der Waals surface area contributed by atoms with Gasteiger partial charge in [0.2, 0.25) is 0 Å². The van der Waals surface area contributed by atoms with Crippen molar-refractivity contribution in [1.29, 1.82) is 0 Å². The van der Waals surface area contributed by atoms with E-state index in [1.807, 2.05) is 0 Å². The number of amides is 1. The van der Waals surface area contributed by atoms with Gasteiger partial charge in [-0.1, -0.05) is 6.07 Å². The van der Waals surface area contributed by atoms with Gasteiger partial charge < -0.3 is 4.90 Å². The van der Waals surface area contributed by atoms with Crippen molar-refractivity contribution in [1.82, 2.24) is 9.80 Å². The first-order valence-electron chi connectivity index (χ1n) is 7.83. The zero-order chi connectivity index (χ0) is 17.1. The Morgan fingerprint density at radius 3 is 2.62 bits per heavy atom. The predicted octanol–water partition coefficient (Wildman–Crippen LogP) is 2.92. The van der Waals surface area contributed by atoms with Gasteiger partial charge in [-0.05, 0) is 35.4 Å². The van der Waals surface area contributed by atoms with Gasteiger partial charge in [0, 0.05) is 49.9 Å². The Morgan fingerprint density at radius 2 is 2.00 bits per heavy atom. The summed E-state index contributed by atoms with van der Waals surface area (Å²) in [6, 6.07) is 6.80. The summed E-state index contributed by atoms with van der Waals surface area (Å²) in [7, 11) is 0. The lowest BCUT2D eigenvalue weighted by atomic mass is 10.1. The number of carbonyl (C=O) groups excluding carboxylic acids is 1. The zero-order valence-electron chi connectivity index (χ0n) is 13.5. The highest BCUT2D eigenvalue weighted by Gasteiger charge is 2.25. The van der Waals surface area contributed by atoms with Crippen LogP contribution in [0.15, 0.2) is 35.0 Å². The fourth-order valence-electron chi connectivity index (χ4n) is 2.97. The molecule has 0 aliphatic carbocycles. The maximum atomic E-state index is 12.7. The topological polar surface area (TPSA) is 66.7 Å². The number of hydrogen-bond acceptors (Lipinski definition) is 5. The van der Waals surface area contributed by atoms with Gasteiger partial charge in [-0.3, -0.25) is 19.8 Å². The van der Waals surface area contributed by atoms with E-state index < -0.39 is 4.92 Å². The third kappa shape index (κ3) is 3.47. The summed E-state index contributed by atoms with van der Waals surface area (Å²) in [6.45, 7) is 5.46. The summed E-state index contributed by atoms with van der Waals surface area (Å²) in [5.74, 6) is -0.119. The molecule has 1 fully saturated rings. The standard InChI is InChI=1S/C17H19N3O3S/c1-13-15(3-2-4-16(13)20(22)23)17(21)19-8-6-18(7-9-19)11-14-5-10-24-12-14/h2-5,10,12H,6-9,11H2,1H3. The highest BCUT2D eigenvalue weighted by atomic mass is 32.1. The summed E-state index contributed by atoms with van der Waals surface area (Å²) in [6.07, 6.45) is 0. The molecule has 1 saturated heterocycles. The molecular formula is C17H19N3O3S. The number of thiophene rings is 1. The van der Waals surface area contributed by atoms with Crippen LogP contribution in [0.4, 0.5) is 5.69 Å². The Labute approximate surface area is 144 Å². The molecule has 24 heavy (non-hydrogen) atoms. The van der Waals surface area contributed by atoms with Crippen LogP contribution in [0.1, 0.15) is 21.5 Å². The smallest absolute Gasteiger partial charge is 0.273 e. The first-order chi connectivity index (χ1) is 11.6. The molecule has 1 amide bonds. The maximum absolute atomic E-state index is 12.7. The summed E-state index contributed by atoms with van der Waals surface area (Å²) in [5, 5.41) is 15.3. The van der Waals surface area contributed by atoms with Crippen molar-refractivity contribution in [2.75, 3.05) is 26.2 Å². The van der Waals surface area contributed by atoms with Gasteiger partial charge in [0.15, 0.2) is 0 Å². The second kappa shape index (κ2) is 7.11. The molecule has 2 heterocycles. The van der Waals surface area contributed by atoms with E-state index in [4.69, 9.17) is 0 Å². The number of carbonyl (C=O) groups is 1. The SMILES string of the molecule is Cc1c(C(=O)N2CCN(Cc3ccsc3)CC2)cccc1[N+](=O)[O-]. The highest BCUT2D eigenvalue weighted by molar-refractivity contribution is 7.07. The minimum Gasteiger partial charge on any atom is -0.336 e. The first-order valence-corrected chi connectivity index (χ1v) is 8.77. The van der Waals surface area contributed by atoms with Gasteiger partial charge in [-0.2, -0.15) is 11.3 Å². The molecule has 6 nitrogen and oxygen atoms in total. The highest BCUT2D eigenvalue weighted by Crippen LogP contribution is 2.23. The van der Waals surface area contributed by atoms with Crippen molar-refractivity contribution in [3.8, 4) is 0 Å². The molecule has 7 heteroatoms. The Balaban J connectivity index is 1.65. The van der Waals surface area contributed by atoms with Crippen LogP contribution in [0.5, 0.6) is 0 Å². The second-order valence-corrected chi connectivity index (χ2v) is 6.69. The predicted molar refractivity (Wildman–Crippen MR) is 93.3 cm³/mol. The number of nitro benzene ring substituents is 1. The average Bonchev–Trinajstić information content (AvgIpc) is 3.08. The van der Waals surface area contributed by atoms with Crippen molar-refractivity contribution in [2.45, 2.75) is 13.5 Å². The third-order valence-corrected chi connectivity index (χ3v) is 5.11. The zero-order valence-corrected chi connectivity index (χ0v) is 14.3. The Hall–Kier alpha value is -2.25. The van der Waals surface area contributed by atoms with Crippen LogP contribution in [-0.2, 0) is 6.54 Å². The number of hydrogen-bond donors (Lipinski definition) is 0. The van der Waals surface area contributed by atoms with Crippen LogP contribution in [0.3, 0.4) is 0 Å². The van der Waals surface area contributed by atoms with Crippen molar-refractivity contribution >= 4 is 22.9 Å². The van der Waals surface area contributed by atoms with Crippen LogP contribution >= 0.6 is 11.3 Å². The Kier molecular flexibility index (Phi) is 4.92. The van der Waals surface area contributed by atoms with Crippen LogP contribution in [0.25, 0.3) is 0 Å². The van der Waals surface area contributed by atoms with Crippen molar-refractivity contribution in [2.24, 2.45) is 0 Å². The molecule has 1 aliphatic rings. The quantitative estimate of drug-likeness (QED) is 0.631. The molecule has 0 bridgehead atoms. The summed E-state index contributed by atoms with van der Waals surface area (Å²) < 4.78 is 0. The summed E-state index contributed by atoms with van der Waals surface area (Å²) in [5.41, 5.74) is 2.16. The molecule has 0 spiro atoms. The van der Waals surface area contributed by atoms with E-state index in [1.165, 1.54) is 11.6 Å². The molecule has 2 aromatic rings. The van der Waals surface area contributed by atoms with Crippen LogP contribution < -0.4 is 0 Å². The van der Waals surface area contributed by atoms with Crippen LogP contribution in [0.2, 0.25) is 0 Å². The largest absolute Gasteiger partial charge is 0.336 e. The fourth-order valence-corrected chi connectivity index (χ4v) is 3.63. The van der Waals surface area contributed by atoms with Crippen molar-refractivity contribution in [3.05, 3.63) is 61.8 Å². The third-order valence-electron chi connectivity index (χ3n) is 4.38. The normalized spacial score (nSPS) is 15.5. The van der Waals surface area contributed by atoms with Gasteiger partial charge >= 0.3 is 0 Å². The van der Waals surface area contributed by atoms with Gasteiger partial charge in [0.1, 0.15) is 0 Å². The van der Waals surface area contributed by atoms with Gasteiger partial charge in [-0.15, -0.1) is 0 Å². The van der Waals surface area contributed by atoms with E-state index >= 15 is 0 Å². The first kappa shape index (κ1) is 16.6. The van der Waals surface area contributed by atoms with Gasteiger partial charge in [-0.25, -0.2) is 0 Å². The second-order valence-electron chi connectivity index (χ2n) is 5.91. The Morgan fingerprint density at radius 1 is 1.25 bits per heavy atom. The lowest BCUT2D eigenvalue weighted by Gasteiger charge is -2.34. The van der Waals surface area contributed by atoms with Crippen LogP contribution in [-0.4, -0.2) is 46.8 Å². The molecular weight excluding hydrogens is 326 g/mol. The molecule has 3 rings (SSSR count). The lowest BCUT2D eigenvalue weighted by Crippen LogP contribution is -2.48. The number of benzene rings is 1. The summed E-state index contributed by atoms with van der Waals surface area (Å²) in [4.78, 5) is 27.4. The molecule has 0 atom stereocenters. The number of nitrogens with zero attached hydrogens (tertiary/aromatic N) is 3. The van der Waals surface area contributed by atoms with Crippen molar-refractivity contribution < 1.29 is 9.72 Å². The summed E-state index contributed by atoms with van der Waals surface area (Å²) >= 11 is 1.69. The van der Waals surface area contributed by atoms with E-state index in [9.17, 15) is 14.9 Å². The van der Waals surface area contributed by atoms with E-state index in [1.54, 1.807) is 35.3 Å². The number of rotatable bonds is 4. The lowest BCUT2D eigenvalue weighted by molar-refractivity contribution is -0.385. The molecule has 0 saturated carbocycles. The minimum absolute atomic E-state index is 0.00283. The van der Waals surface area contributed by atoms with Crippen LogP contribution in [0, 0.1) is 17.0 Å². The monoisotopic (exact) mass is 345 g/mol. The van der Waals surface area contributed by atoms with Gasteiger partial charge in [0.25, 0.3) is 11.6 Å². The number of nitro groups is 1. The molecule has 1 aliphatic heterocycles. The van der Waals surface area contributed by atoms with E-state index in [2.05, 4.69) is 21.7 Å². The Bertz CT molecular complexity index is 738.